The molecule has 0 saturated carbocycles. The molecular formula is C20H18N4O3. The molecule has 27 heavy (non-hydrogen) atoms. The zero-order chi connectivity index (χ0) is 18.6. The summed E-state index contributed by atoms with van der Waals surface area (Å²) in [7, 11) is 0. The second kappa shape index (κ2) is 7.33. The molecule has 1 amide bonds. The summed E-state index contributed by atoms with van der Waals surface area (Å²) in [5, 5.41) is 6.64. The van der Waals surface area contributed by atoms with Crippen molar-refractivity contribution < 1.29 is 9.32 Å². The molecular weight excluding hydrogens is 344 g/mol. The molecule has 2 heterocycles. The number of aromatic nitrogens is 3. The Hall–Kier alpha value is -3.61. The van der Waals surface area contributed by atoms with Crippen molar-refractivity contribution in [2.24, 2.45) is 0 Å². The van der Waals surface area contributed by atoms with E-state index in [0.29, 0.717) is 25.3 Å². The predicted octanol–water partition coefficient (Wildman–Crippen LogP) is 2.80. The number of carbonyl (C=O) groups is 1. The maximum Gasteiger partial charge on any atom is 0.326 e. The van der Waals surface area contributed by atoms with E-state index < -0.39 is 0 Å². The third kappa shape index (κ3) is 3.52. The van der Waals surface area contributed by atoms with Gasteiger partial charge in [0.25, 0.3) is 5.91 Å². The number of nitrogens with one attached hydrogen (secondary N) is 2. The van der Waals surface area contributed by atoms with Gasteiger partial charge in [-0.3, -0.25) is 9.36 Å². The molecule has 0 spiro atoms. The van der Waals surface area contributed by atoms with Crippen LogP contribution in [0.1, 0.15) is 16.9 Å². The van der Waals surface area contributed by atoms with Crippen LogP contribution in [0, 0.1) is 0 Å². The van der Waals surface area contributed by atoms with Gasteiger partial charge in [0.15, 0.2) is 11.5 Å². The normalized spacial score (nSPS) is 11.0. The SMILES string of the molecule is O=C(NCCCn1c(=O)[nH]c2ccccc21)c1cc(-c2ccccc2)on1. The van der Waals surface area contributed by atoms with Crippen molar-refractivity contribution in [1.29, 1.82) is 0 Å². The Morgan fingerprint density at radius 1 is 1.11 bits per heavy atom. The first kappa shape index (κ1) is 16.8. The standard InChI is InChI=1S/C20H18N4O3/c25-19(16-13-18(27-23-16)14-7-2-1-3-8-14)21-11-6-12-24-17-10-5-4-9-15(17)22-20(24)26/h1-5,7-10,13H,6,11-12H2,(H,21,25)(H,22,26). The number of para-hydroxylation sites is 2. The molecule has 7 heteroatoms. The number of hydrogen-bond donors (Lipinski definition) is 2. The highest BCUT2D eigenvalue weighted by Gasteiger charge is 2.13. The summed E-state index contributed by atoms with van der Waals surface area (Å²) in [6.07, 6.45) is 0.622. The van der Waals surface area contributed by atoms with Gasteiger partial charge in [-0.15, -0.1) is 0 Å². The third-order valence-electron chi connectivity index (χ3n) is 4.33. The van der Waals surface area contributed by atoms with Gasteiger partial charge < -0.3 is 14.8 Å². The minimum atomic E-state index is -0.299. The quantitative estimate of drug-likeness (QED) is 0.516. The first-order valence-electron chi connectivity index (χ1n) is 8.70. The van der Waals surface area contributed by atoms with E-state index in [1.165, 1.54) is 0 Å². The van der Waals surface area contributed by atoms with Crippen molar-refractivity contribution in [1.82, 2.24) is 20.0 Å². The number of rotatable bonds is 6. The van der Waals surface area contributed by atoms with E-state index in [0.717, 1.165) is 16.6 Å². The van der Waals surface area contributed by atoms with Gasteiger partial charge in [0.1, 0.15) is 0 Å². The molecule has 2 aromatic heterocycles. The molecule has 0 aliphatic heterocycles. The predicted molar refractivity (Wildman–Crippen MR) is 101 cm³/mol. The number of imidazole rings is 1. The van der Waals surface area contributed by atoms with E-state index >= 15 is 0 Å². The Morgan fingerprint density at radius 2 is 1.89 bits per heavy atom. The number of carbonyl (C=O) groups excluding carboxylic acids is 1. The zero-order valence-corrected chi connectivity index (χ0v) is 14.5. The van der Waals surface area contributed by atoms with Crippen LogP contribution in [0.5, 0.6) is 0 Å². The number of amides is 1. The van der Waals surface area contributed by atoms with E-state index in [1.807, 2.05) is 54.6 Å². The first-order valence-corrected chi connectivity index (χ1v) is 8.70. The number of aryl methyl sites for hydroxylation is 1. The van der Waals surface area contributed by atoms with E-state index in [2.05, 4.69) is 15.5 Å². The van der Waals surface area contributed by atoms with Gasteiger partial charge in [0.05, 0.1) is 11.0 Å². The van der Waals surface area contributed by atoms with Crippen LogP contribution >= 0.6 is 0 Å². The average Bonchev–Trinajstić information content (AvgIpc) is 3.31. The highest BCUT2D eigenvalue weighted by molar-refractivity contribution is 5.93. The fourth-order valence-corrected chi connectivity index (χ4v) is 2.98. The van der Waals surface area contributed by atoms with Gasteiger partial charge in [-0.05, 0) is 18.6 Å². The minimum absolute atomic E-state index is 0.147. The molecule has 0 fully saturated rings. The minimum Gasteiger partial charge on any atom is -0.355 e. The Labute approximate surface area is 154 Å². The number of nitrogens with zero attached hydrogens (tertiary/aromatic N) is 2. The van der Waals surface area contributed by atoms with Gasteiger partial charge in [-0.25, -0.2) is 4.79 Å². The lowest BCUT2D eigenvalue weighted by Gasteiger charge is -2.04. The summed E-state index contributed by atoms with van der Waals surface area (Å²) in [5.74, 6) is 0.248. The third-order valence-corrected chi connectivity index (χ3v) is 4.33. The molecule has 7 nitrogen and oxygen atoms in total. The van der Waals surface area contributed by atoms with Crippen LogP contribution in [-0.2, 0) is 6.54 Å². The van der Waals surface area contributed by atoms with Crippen molar-refractivity contribution >= 4 is 16.9 Å². The lowest BCUT2D eigenvalue weighted by molar-refractivity contribution is 0.0944. The van der Waals surface area contributed by atoms with Crippen LogP contribution in [0.3, 0.4) is 0 Å². The fourth-order valence-electron chi connectivity index (χ4n) is 2.98. The highest BCUT2D eigenvalue weighted by Crippen LogP contribution is 2.19. The van der Waals surface area contributed by atoms with Crippen LogP contribution in [0.25, 0.3) is 22.4 Å². The lowest BCUT2D eigenvalue weighted by Crippen LogP contribution is -2.26. The number of fused-ring (bicyclic) bond motifs is 1. The molecule has 2 N–H and O–H groups in total. The second-order valence-electron chi connectivity index (χ2n) is 6.15. The summed E-state index contributed by atoms with van der Waals surface area (Å²) in [4.78, 5) is 27.1. The Morgan fingerprint density at radius 3 is 2.74 bits per heavy atom. The molecule has 0 aliphatic rings. The molecule has 0 unspecified atom stereocenters. The van der Waals surface area contributed by atoms with E-state index in [4.69, 9.17) is 4.52 Å². The van der Waals surface area contributed by atoms with Crippen LogP contribution in [0.2, 0.25) is 0 Å². The van der Waals surface area contributed by atoms with E-state index in [9.17, 15) is 9.59 Å². The number of aromatic amines is 1. The smallest absolute Gasteiger partial charge is 0.326 e. The van der Waals surface area contributed by atoms with E-state index in [1.54, 1.807) is 10.6 Å². The molecule has 136 valence electrons. The molecule has 0 bridgehead atoms. The topological polar surface area (TPSA) is 92.9 Å². The molecule has 4 aromatic rings. The summed E-state index contributed by atoms with van der Waals surface area (Å²) in [5.41, 5.74) is 2.62. The van der Waals surface area contributed by atoms with Gasteiger partial charge in [0.2, 0.25) is 0 Å². The fraction of sp³-hybridized carbons (Fsp3) is 0.150. The maximum atomic E-state index is 12.2. The Balaban J connectivity index is 1.34. The Bertz CT molecular complexity index is 1120. The largest absolute Gasteiger partial charge is 0.355 e. The van der Waals surface area contributed by atoms with Crippen molar-refractivity contribution in [3.05, 3.63) is 76.8 Å². The van der Waals surface area contributed by atoms with Crippen LogP contribution in [0.4, 0.5) is 0 Å². The van der Waals surface area contributed by atoms with Gasteiger partial charge in [0, 0.05) is 24.7 Å². The Kier molecular flexibility index (Phi) is 4.57. The molecule has 4 rings (SSSR count). The lowest BCUT2D eigenvalue weighted by atomic mass is 10.1. The first-order chi connectivity index (χ1) is 13.2. The van der Waals surface area contributed by atoms with Gasteiger partial charge >= 0.3 is 5.69 Å². The van der Waals surface area contributed by atoms with Crippen molar-refractivity contribution in [2.45, 2.75) is 13.0 Å². The monoisotopic (exact) mass is 362 g/mol. The summed E-state index contributed by atoms with van der Waals surface area (Å²) in [6.45, 7) is 0.940. The number of benzene rings is 2. The van der Waals surface area contributed by atoms with E-state index in [-0.39, 0.29) is 17.3 Å². The van der Waals surface area contributed by atoms with Crippen LogP contribution < -0.4 is 11.0 Å². The summed E-state index contributed by atoms with van der Waals surface area (Å²) >= 11 is 0. The summed E-state index contributed by atoms with van der Waals surface area (Å²) in [6, 6.07) is 18.6. The number of hydrogen-bond acceptors (Lipinski definition) is 4. The van der Waals surface area contributed by atoms with Crippen LogP contribution in [-0.4, -0.2) is 27.2 Å². The second-order valence-corrected chi connectivity index (χ2v) is 6.15. The van der Waals surface area contributed by atoms with Crippen LogP contribution in [0.15, 0.2) is 70.0 Å². The van der Waals surface area contributed by atoms with Crippen molar-refractivity contribution in [2.75, 3.05) is 6.54 Å². The molecule has 0 atom stereocenters. The molecule has 0 radical (unpaired) electrons. The number of H-pyrrole nitrogens is 1. The van der Waals surface area contributed by atoms with Crippen molar-refractivity contribution in [3.8, 4) is 11.3 Å². The molecule has 0 aliphatic carbocycles. The van der Waals surface area contributed by atoms with Gasteiger partial charge in [-0.2, -0.15) is 0 Å². The average molecular weight is 362 g/mol. The highest BCUT2D eigenvalue weighted by atomic mass is 16.5. The molecule has 0 saturated heterocycles. The van der Waals surface area contributed by atoms with Crippen molar-refractivity contribution in [3.63, 3.8) is 0 Å². The zero-order valence-electron chi connectivity index (χ0n) is 14.5. The maximum absolute atomic E-state index is 12.2. The van der Waals surface area contributed by atoms with Gasteiger partial charge in [-0.1, -0.05) is 47.6 Å². The summed E-state index contributed by atoms with van der Waals surface area (Å²) < 4.78 is 6.91. The molecule has 2 aromatic carbocycles.